The highest BCUT2D eigenvalue weighted by Crippen LogP contribution is 2.50. The number of hydrogen-bond donors (Lipinski definition) is 1. The van der Waals surface area contributed by atoms with Crippen LogP contribution in [0.5, 0.6) is 0 Å². The van der Waals surface area contributed by atoms with Crippen molar-refractivity contribution in [3.63, 3.8) is 0 Å². The van der Waals surface area contributed by atoms with Gasteiger partial charge in [0.15, 0.2) is 5.78 Å². The summed E-state index contributed by atoms with van der Waals surface area (Å²) in [6.07, 6.45) is 1.42. The van der Waals surface area contributed by atoms with Gasteiger partial charge in [-0.1, -0.05) is 60.1 Å². The Hall–Kier alpha value is -2.66. The summed E-state index contributed by atoms with van der Waals surface area (Å²) in [5.74, 6) is 1.10. The number of carbonyl (C=O) groups excluding carboxylic acids is 1. The third-order valence-electron chi connectivity index (χ3n) is 6.08. The Morgan fingerprint density at radius 1 is 1.07 bits per heavy atom. The molecular weight excluding hydrogens is 438 g/mol. The van der Waals surface area contributed by atoms with Crippen LogP contribution in [0.25, 0.3) is 5.69 Å². The highest BCUT2D eigenvalue weighted by molar-refractivity contribution is 9.10. The minimum Gasteiger partial charge on any atom is -0.343 e. The van der Waals surface area contributed by atoms with E-state index in [1.54, 1.807) is 0 Å². The van der Waals surface area contributed by atoms with Crippen LogP contribution in [0.1, 0.15) is 49.4 Å². The van der Waals surface area contributed by atoms with E-state index in [0.29, 0.717) is 6.42 Å². The Balaban J connectivity index is 1.76. The number of nitrogens with one attached hydrogen (secondary N) is 1. The number of carbonyl (C=O) groups is 1. The molecule has 1 N–H and O–H groups in total. The Kier molecular flexibility index (Phi) is 4.47. The smallest absolute Gasteiger partial charge is 0.162 e. The van der Waals surface area contributed by atoms with E-state index in [9.17, 15) is 4.79 Å². The van der Waals surface area contributed by atoms with Crippen molar-refractivity contribution >= 4 is 27.5 Å². The fraction of sp³-hybridized carbons (Fsp3) is 0.280. The second kappa shape index (κ2) is 6.95. The molecule has 0 radical (unpaired) electrons. The molecule has 2 aliphatic rings. The molecule has 1 aliphatic carbocycles. The summed E-state index contributed by atoms with van der Waals surface area (Å²) >= 11 is 3.54. The van der Waals surface area contributed by atoms with Gasteiger partial charge in [0.2, 0.25) is 0 Å². The Bertz CT molecular complexity index is 1170. The van der Waals surface area contributed by atoms with Crippen molar-refractivity contribution in [3.8, 4) is 5.69 Å². The number of hydrogen-bond acceptors (Lipinski definition) is 3. The number of benzene rings is 2. The van der Waals surface area contributed by atoms with Gasteiger partial charge in [-0.3, -0.25) is 4.79 Å². The van der Waals surface area contributed by atoms with E-state index >= 15 is 0 Å². The maximum Gasteiger partial charge on any atom is 0.162 e. The van der Waals surface area contributed by atoms with Crippen LogP contribution in [0.4, 0.5) is 5.82 Å². The molecule has 1 unspecified atom stereocenters. The summed E-state index contributed by atoms with van der Waals surface area (Å²) in [4.78, 5) is 13.4. The molecule has 1 aliphatic heterocycles. The number of fused-ring (bicyclic) bond motifs is 1. The molecule has 4 nitrogen and oxygen atoms in total. The normalized spacial score (nSPS) is 19.9. The molecule has 152 valence electrons. The summed E-state index contributed by atoms with van der Waals surface area (Å²) in [6, 6.07) is 18.5. The molecule has 2 aromatic carbocycles. The van der Waals surface area contributed by atoms with Gasteiger partial charge in [0.25, 0.3) is 0 Å². The predicted octanol–water partition coefficient (Wildman–Crippen LogP) is 6.14. The number of allylic oxidation sites excluding steroid dienone is 2. The van der Waals surface area contributed by atoms with E-state index in [2.05, 4.69) is 59.4 Å². The fourth-order valence-corrected chi connectivity index (χ4v) is 5.08. The van der Waals surface area contributed by atoms with Crippen molar-refractivity contribution in [2.24, 2.45) is 5.41 Å². The molecule has 5 heteroatoms. The van der Waals surface area contributed by atoms with Crippen molar-refractivity contribution in [2.45, 2.75) is 39.5 Å². The number of para-hydroxylation sites is 1. The molecule has 0 spiro atoms. The van der Waals surface area contributed by atoms with E-state index in [1.807, 2.05) is 41.9 Å². The maximum absolute atomic E-state index is 13.4. The Morgan fingerprint density at radius 3 is 2.47 bits per heavy atom. The molecule has 0 fully saturated rings. The Morgan fingerprint density at radius 2 is 1.77 bits per heavy atom. The van der Waals surface area contributed by atoms with Gasteiger partial charge in [0.05, 0.1) is 11.4 Å². The van der Waals surface area contributed by atoms with Crippen LogP contribution in [0.15, 0.2) is 70.3 Å². The van der Waals surface area contributed by atoms with Crippen LogP contribution in [0.2, 0.25) is 0 Å². The number of aromatic nitrogens is 2. The van der Waals surface area contributed by atoms with Crippen LogP contribution in [0.3, 0.4) is 0 Å². The number of anilines is 1. The highest BCUT2D eigenvalue weighted by atomic mass is 79.9. The number of rotatable bonds is 2. The third kappa shape index (κ3) is 3.12. The Labute approximate surface area is 185 Å². The van der Waals surface area contributed by atoms with Gasteiger partial charge in [-0.05, 0) is 48.6 Å². The van der Waals surface area contributed by atoms with Crippen molar-refractivity contribution in [2.75, 3.05) is 5.32 Å². The summed E-state index contributed by atoms with van der Waals surface area (Å²) < 4.78 is 3.01. The average molecular weight is 462 g/mol. The second-order valence-electron chi connectivity index (χ2n) is 9.04. The van der Waals surface area contributed by atoms with Crippen LogP contribution in [0, 0.1) is 12.3 Å². The first-order chi connectivity index (χ1) is 14.3. The zero-order chi connectivity index (χ0) is 21.0. The van der Waals surface area contributed by atoms with E-state index in [0.717, 1.165) is 50.5 Å². The molecule has 30 heavy (non-hydrogen) atoms. The molecular formula is C25H24BrN3O. The van der Waals surface area contributed by atoms with Crippen molar-refractivity contribution in [1.82, 2.24) is 9.78 Å². The maximum atomic E-state index is 13.4. The first-order valence-corrected chi connectivity index (χ1v) is 11.1. The van der Waals surface area contributed by atoms with Gasteiger partial charge in [-0.2, -0.15) is 5.10 Å². The van der Waals surface area contributed by atoms with Gasteiger partial charge in [0.1, 0.15) is 5.82 Å². The molecule has 5 rings (SSSR count). The van der Waals surface area contributed by atoms with Gasteiger partial charge in [-0.15, -0.1) is 0 Å². The van der Waals surface area contributed by atoms with Gasteiger partial charge >= 0.3 is 0 Å². The highest BCUT2D eigenvalue weighted by Gasteiger charge is 2.42. The van der Waals surface area contributed by atoms with Crippen LogP contribution >= 0.6 is 15.9 Å². The lowest BCUT2D eigenvalue weighted by molar-refractivity contribution is -0.118. The van der Waals surface area contributed by atoms with E-state index < -0.39 is 0 Å². The molecule has 0 saturated heterocycles. The number of halogens is 1. The lowest BCUT2D eigenvalue weighted by atomic mass is 9.69. The lowest BCUT2D eigenvalue weighted by Gasteiger charge is -2.38. The van der Waals surface area contributed by atoms with Crippen molar-refractivity contribution in [1.29, 1.82) is 0 Å². The van der Waals surface area contributed by atoms with E-state index in [-0.39, 0.29) is 17.1 Å². The van der Waals surface area contributed by atoms with Crippen LogP contribution in [-0.4, -0.2) is 15.6 Å². The molecule has 2 heterocycles. The minimum atomic E-state index is -0.106. The zero-order valence-corrected chi connectivity index (χ0v) is 19.0. The standard InChI is InChI=1S/C25H24BrN3O/c1-15-21-22(16-9-11-17(26)12-10-16)23-19(13-25(2,3)14-20(23)30)27-24(21)29(28-15)18-7-5-4-6-8-18/h4-12,22,27H,13-14H2,1-3H3. The molecule has 3 aromatic rings. The summed E-state index contributed by atoms with van der Waals surface area (Å²) in [5, 5.41) is 8.52. The average Bonchev–Trinajstić information content (AvgIpc) is 3.03. The zero-order valence-electron chi connectivity index (χ0n) is 17.4. The second-order valence-corrected chi connectivity index (χ2v) is 9.95. The van der Waals surface area contributed by atoms with Gasteiger partial charge in [0, 0.05) is 33.6 Å². The number of ketones is 1. The molecule has 0 bridgehead atoms. The summed E-state index contributed by atoms with van der Waals surface area (Å²) in [6.45, 7) is 6.37. The molecule has 1 atom stereocenters. The van der Waals surface area contributed by atoms with E-state index in [4.69, 9.17) is 5.10 Å². The summed E-state index contributed by atoms with van der Waals surface area (Å²) in [7, 11) is 0. The first-order valence-electron chi connectivity index (χ1n) is 10.3. The molecule has 0 saturated carbocycles. The number of aryl methyl sites for hydroxylation is 1. The SMILES string of the molecule is Cc1nn(-c2ccccc2)c2c1C(c1ccc(Br)cc1)C1=C(CC(C)(C)CC1=O)N2. The lowest BCUT2D eigenvalue weighted by Crippen LogP contribution is -2.34. The monoisotopic (exact) mass is 461 g/mol. The molecule has 1 aromatic heterocycles. The third-order valence-corrected chi connectivity index (χ3v) is 6.61. The topological polar surface area (TPSA) is 46.9 Å². The van der Waals surface area contributed by atoms with Crippen LogP contribution < -0.4 is 5.32 Å². The number of Topliss-reactive ketones (excluding diaryl/α,β-unsaturated/α-hetero) is 1. The van der Waals surface area contributed by atoms with Crippen LogP contribution in [-0.2, 0) is 4.79 Å². The van der Waals surface area contributed by atoms with Gasteiger partial charge < -0.3 is 5.32 Å². The number of nitrogens with zero attached hydrogens (tertiary/aromatic N) is 2. The van der Waals surface area contributed by atoms with Crippen molar-refractivity contribution < 1.29 is 4.79 Å². The van der Waals surface area contributed by atoms with E-state index in [1.165, 1.54) is 0 Å². The van der Waals surface area contributed by atoms with Crippen molar-refractivity contribution in [3.05, 3.63) is 87.2 Å². The predicted molar refractivity (Wildman–Crippen MR) is 123 cm³/mol. The molecule has 0 amide bonds. The first kappa shape index (κ1) is 19.3. The minimum absolute atomic E-state index is 0.0582. The fourth-order valence-electron chi connectivity index (χ4n) is 4.82. The largest absolute Gasteiger partial charge is 0.343 e. The van der Waals surface area contributed by atoms with Gasteiger partial charge in [-0.25, -0.2) is 4.68 Å². The summed E-state index contributed by atoms with van der Waals surface area (Å²) in [5.41, 5.74) is 6.05. The quantitative estimate of drug-likeness (QED) is 0.498.